The summed E-state index contributed by atoms with van der Waals surface area (Å²) in [6.45, 7) is 4.70. The van der Waals surface area contributed by atoms with E-state index in [-0.39, 0.29) is 0 Å². The van der Waals surface area contributed by atoms with E-state index in [0.717, 1.165) is 18.0 Å². The largest absolute Gasteiger partial charge is 0.486 e. The summed E-state index contributed by atoms with van der Waals surface area (Å²) in [6.07, 6.45) is 5.31. The van der Waals surface area contributed by atoms with E-state index < -0.39 is 0 Å². The minimum atomic E-state index is 0.345. The van der Waals surface area contributed by atoms with E-state index in [4.69, 9.17) is 9.47 Å². The van der Waals surface area contributed by atoms with Gasteiger partial charge in [0.15, 0.2) is 11.5 Å². The molecule has 2 heterocycles. The molecule has 1 spiro atoms. The molecule has 1 aromatic carbocycles. The average molecular weight is 259 g/mol. The van der Waals surface area contributed by atoms with Gasteiger partial charge in [-0.15, -0.1) is 0 Å². The molecular formula is C16H21NO2. The number of hydrogen-bond donors (Lipinski definition) is 1. The second-order valence-electron chi connectivity index (χ2n) is 6.17. The van der Waals surface area contributed by atoms with Crippen LogP contribution in [0.1, 0.15) is 49.8 Å². The lowest BCUT2D eigenvalue weighted by atomic mass is 9.72. The van der Waals surface area contributed by atoms with E-state index in [1.165, 1.54) is 36.8 Å². The molecule has 1 fully saturated rings. The summed E-state index contributed by atoms with van der Waals surface area (Å²) in [5.74, 6) is 1.87. The van der Waals surface area contributed by atoms with Crippen molar-refractivity contribution in [2.24, 2.45) is 0 Å². The van der Waals surface area contributed by atoms with Gasteiger partial charge in [0.2, 0.25) is 0 Å². The first-order valence-corrected chi connectivity index (χ1v) is 7.46. The molecule has 3 nitrogen and oxygen atoms in total. The minimum Gasteiger partial charge on any atom is -0.486 e. The number of benzene rings is 1. The highest BCUT2D eigenvalue weighted by atomic mass is 16.6. The molecule has 102 valence electrons. The predicted octanol–water partition coefficient (Wildman–Crippen LogP) is 2.93. The Morgan fingerprint density at radius 1 is 1.11 bits per heavy atom. The topological polar surface area (TPSA) is 30.5 Å². The molecule has 1 atom stereocenters. The standard InChI is InChI=1S/C16H21NO2/c1-11-12-8-14-15(19-7-6-18-14)9-13(12)16(10-17-11)4-2-3-5-16/h8-9,11,17H,2-7,10H2,1H3/t11-/m0/s1. The van der Waals surface area contributed by atoms with Gasteiger partial charge in [-0.05, 0) is 43.0 Å². The molecule has 19 heavy (non-hydrogen) atoms. The zero-order valence-corrected chi connectivity index (χ0v) is 11.5. The van der Waals surface area contributed by atoms with Crippen molar-refractivity contribution >= 4 is 0 Å². The fourth-order valence-corrected chi connectivity index (χ4v) is 3.97. The van der Waals surface area contributed by atoms with Crippen LogP contribution in [-0.2, 0) is 5.41 Å². The van der Waals surface area contributed by atoms with E-state index >= 15 is 0 Å². The molecule has 3 heteroatoms. The third kappa shape index (κ3) is 1.68. The summed E-state index contributed by atoms with van der Waals surface area (Å²) in [5.41, 5.74) is 3.27. The lowest BCUT2D eigenvalue weighted by molar-refractivity contribution is 0.170. The van der Waals surface area contributed by atoms with Gasteiger partial charge < -0.3 is 14.8 Å². The van der Waals surface area contributed by atoms with Gasteiger partial charge in [0, 0.05) is 18.0 Å². The summed E-state index contributed by atoms with van der Waals surface area (Å²) in [5, 5.41) is 3.68. The third-order valence-electron chi connectivity index (χ3n) is 5.06. The maximum Gasteiger partial charge on any atom is 0.161 e. The summed E-state index contributed by atoms with van der Waals surface area (Å²) < 4.78 is 11.5. The highest BCUT2D eigenvalue weighted by Crippen LogP contribution is 2.49. The second-order valence-corrected chi connectivity index (χ2v) is 6.17. The van der Waals surface area contributed by atoms with Crippen LogP contribution in [0.25, 0.3) is 0 Å². The SMILES string of the molecule is C[C@@H]1NCC2(CCCC2)c2cc3c(cc21)OCCO3. The molecule has 1 N–H and O–H groups in total. The minimum absolute atomic E-state index is 0.345. The molecule has 4 rings (SSSR count). The lowest BCUT2D eigenvalue weighted by Gasteiger charge is -2.40. The van der Waals surface area contributed by atoms with Crippen LogP contribution < -0.4 is 14.8 Å². The maximum absolute atomic E-state index is 5.78. The molecule has 0 aromatic heterocycles. The van der Waals surface area contributed by atoms with Crippen molar-refractivity contribution in [3.8, 4) is 11.5 Å². The lowest BCUT2D eigenvalue weighted by Crippen LogP contribution is -2.43. The van der Waals surface area contributed by atoms with Crippen LogP contribution in [0.4, 0.5) is 0 Å². The summed E-state index contributed by atoms with van der Waals surface area (Å²) >= 11 is 0. The normalized spacial score (nSPS) is 27.3. The Bertz CT molecular complexity index is 506. The molecule has 0 saturated heterocycles. The van der Waals surface area contributed by atoms with Gasteiger partial charge in [-0.25, -0.2) is 0 Å². The molecule has 0 unspecified atom stereocenters. The van der Waals surface area contributed by atoms with E-state index in [0.29, 0.717) is 24.7 Å². The summed E-state index contributed by atoms with van der Waals surface area (Å²) in [7, 11) is 0. The van der Waals surface area contributed by atoms with Crippen LogP contribution in [0.5, 0.6) is 11.5 Å². The van der Waals surface area contributed by atoms with Gasteiger partial charge in [-0.2, -0.15) is 0 Å². The molecule has 0 radical (unpaired) electrons. The van der Waals surface area contributed by atoms with E-state index in [1.54, 1.807) is 0 Å². The van der Waals surface area contributed by atoms with Crippen molar-refractivity contribution in [1.82, 2.24) is 5.32 Å². The summed E-state index contributed by atoms with van der Waals surface area (Å²) in [4.78, 5) is 0. The number of hydrogen-bond acceptors (Lipinski definition) is 3. The molecular weight excluding hydrogens is 238 g/mol. The smallest absolute Gasteiger partial charge is 0.161 e. The quantitative estimate of drug-likeness (QED) is 0.777. The number of nitrogens with one attached hydrogen (secondary N) is 1. The van der Waals surface area contributed by atoms with Crippen LogP contribution in [0.2, 0.25) is 0 Å². The molecule has 1 aromatic rings. The van der Waals surface area contributed by atoms with Crippen LogP contribution in [0.15, 0.2) is 12.1 Å². The molecule has 3 aliphatic rings. The van der Waals surface area contributed by atoms with Crippen molar-refractivity contribution in [2.75, 3.05) is 19.8 Å². The van der Waals surface area contributed by atoms with E-state index in [9.17, 15) is 0 Å². The Balaban J connectivity index is 1.87. The van der Waals surface area contributed by atoms with Crippen LogP contribution in [-0.4, -0.2) is 19.8 Å². The molecule has 0 bridgehead atoms. The number of ether oxygens (including phenoxy) is 2. The van der Waals surface area contributed by atoms with Gasteiger partial charge in [0.05, 0.1) is 0 Å². The van der Waals surface area contributed by atoms with Crippen molar-refractivity contribution in [3.63, 3.8) is 0 Å². The van der Waals surface area contributed by atoms with Crippen molar-refractivity contribution in [2.45, 2.75) is 44.1 Å². The zero-order chi connectivity index (χ0) is 12.9. The molecule has 1 aliphatic carbocycles. The van der Waals surface area contributed by atoms with Crippen LogP contribution >= 0.6 is 0 Å². The Kier molecular flexibility index (Phi) is 2.52. The van der Waals surface area contributed by atoms with E-state index in [1.807, 2.05) is 0 Å². The fourth-order valence-electron chi connectivity index (χ4n) is 3.97. The molecule has 2 aliphatic heterocycles. The zero-order valence-electron chi connectivity index (χ0n) is 11.5. The average Bonchev–Trinajstić information content (AvgIpc) is 2.92. The van der Waals surface area contributed by atoms with Crippen LogP contribution in [0, 0.1) is 0 Å². The second kappa shape index (κ2) is 4.14. The highest BCUT2D eigenvalue weighted by molar-refractivity contribution is 5.53. The number of fused-ring (bicyclic) bond motifs is 3. The Labute approximate surface area is 114 Å². The number of rotatable bonds is 0. The van der Waals surface area contributed by atoms with Gasteiger partial charge in [0.1, 0.15) is 13.2 Å². The first kappa shape index (κ1) is 11.6. The first-order valence-electron chi connectivity index (χ1n) is 7.46. The van der Waals surface area contributed by atoms with Crippen LogP contribution in [0.3, 0.4) is 0 Å². The predicted molar refractivity (Wildman–Crippen MR) is 74.0 cm³/mol. The Morgan fingerprint density at radius 3 is 2.53 bits per heavy atom. The third-order valence-corrected chi connectivity index (χ3v) is 5.06. The maximum atomic E-state index is 5.78. The van der Waals surface area contributed by atoms with Crippen molar-refractivity contribution in [1.29, 1.82) is 0 Å². The highest BCUT2D eigenvalue weighted by Gasteiger charge is 2.41. The van der Waals surface area contributed by atoms with E-state index in [2.05, 4.69) is 24.4 Å². The molecule has 1 saturated carbocycles. The van der Waals surface area contributed by atoms with Gasteiger partial charge in [-0.1, -0.05) is 12.8 Å². The van der Waals surface area contributed by atoms with Gasteiger partial charge >= 0.3 is 0 Å². The van der Waals surface area contributed by atoms with Gasteiger partial charge in [-0.3, -0.25) is 0 Å². The fraction of sp³-hybridized carbons (Fsp3) is 0.625. The van der Waals surface area contributed by atoms with Gasteiger partial charge in [0.25, 0.3) is 0 Å². The monoisotopic (exact) mass is 259 g/mol. The Morgan fingerprint density at radius 2 is 1.79 bits per heavy atom. The molecule has 0 amide bonds. The summed E-state index contributed by atoms with van der Waals surface area (Å²) in [6, 6.07) is 4.89. The van der Waals surface area contributed by atoms with Crippen molar-refractivity contribution < 1.29 is 9.47 Å². The Hall–Kier alpha value is -1.22. The first-order chi connectivity index (χ1) is 9.28. The van der Waals surface area contributed by atoms with Crippen molar-refractivity contribution in [3.05, 3.63) is 23.3 Å².